The highest BCUT2D eigenvalue weighted by molar-refractivity contribution is 7.99. The van der Waals surface area contributed by atoms with Crippen LogP contribution >= 0.6 is 11.8 Å². The van der Waals surface area contributed by atoms with Crippen LogP contribution in [0, 0.1) is 0 Å². The summed E-state index contributed by atoms with van der Waals surface area (Å²) in [6, 6.07) is 8.09. The zero-order valence-corrected chi connectivity index (χ0v) is 12.5. The lowest BCUT2D eigenvalue weighted by Gasteiger charge is -2.07. The van der Waals surface area contributed by atoms with E-state index in [4.69, 9.17) is 0 Å². The van der Waals surface area contributed by atoms with E-state index in [1.54, 1.807) is 11.7 Å². The fraction of sp³-hybridized carbons (Fsp3) is 0.385. The molecule has 0 fully saturated rings. The van der Waals surface area contributed by atoms with Crippen LogP contribution in [0.1, 0.15) is 25.3 Å². The van der Waals surface area contributed by atoms with Crippen molar-refractivity contribution in [1.29, 1.82) is 0 Å². The van der Waals surface area contributed by atoms with E-state index in [0.717, 1.165) is 5.69 Å². The summed E-state index contributed by atoms with van der Waals surface area (Å²) in [4.78, 5) is 11.3. The minimum Gasteiger partial charge on any atom is -0.358 e. The zero-order valence-electron chi connectivity index (χ0n) is 11.7. The minimum atomic E-state index is -0.0558. The van der Waals surface area contributed by atoms with Crippen molar-refractivity contribution in [3.05, 3.63) is 29.8 Å². The van der Waals surface area contributed by atoms with E-state index in [9.17, 15) is 4.79 Å². The Morgan fingerprint density at radius 1 is 1.35 bits per heavy atom. The molecule has 0 unspecified atom stereocenters. The maximum atomic E-state index is 11.3. The smallest absolute Gasteiger partial charge is 0.230 e. The molecule has 2 aromatic rings. The lowest BCUT2D eigenvalue weighted by atomic mass is 10.0. The van der Waals surface area contributed by atoms with Gasteiger partial charge in [0.15, 0.2) is 0 Å². The second-order valence-electron chi connectivity index (χ2n) is 4.58. The molecular formula is C13H17N5OS. The quantitative estimate of drug-likeness (QED) is 0.848. The predicted molar refractivity (Wildman–Crippen MR) is 78.0 cm³/mol. The molecule has 2 rings (SSSR count). The summed E-state index contributed by atoms with van der Waals surface area (Å²) in [5.74, 6) is 0.723. The normalized spacial score (nSPS) is 10.8. The summed E-state index contributed by atoms with van der Waals surface area (Å²) in [5, 5.41) is 14.8. The first kappa shape index (κ1) is 14.5. The number of aromatic nitrogens is 4. The zero-order chi connectivity index (χ0) is 14.5. The summed E-state index contributed by atoms with van der Waals surface area (Å²) in [5.41, 5.74) is 2.15. The first-order chi connectivity index (χ1) is 9.61. The van der Waals surface area contributed by atoms with Gasteiger partial charge in [-0.1, -0.05) is 37.7 Å². The number of benzene rings is 1. The maximum absolute atomic E-state index is 11.3. The monoisotopic (exact) mass is 291 g/mol. The number of nitrogens with zero attached hydrogens (tertiary/aromatic N) is 4. The molecule has 1 heterocycles. The summed E-state index contributed by atoms with van der Waals surface area (Å²) in [6.45, 7) is 4.30. The standard InChI is InChI=1S/C13H17N5OS/c1-9(2)10-4-6-11(7-5-10)18-13(15-16-17-18)20-8-12(19)14-3/h4-7,9H,8H2,1-3H3,(H,14,19). The Morgan fingerprint density at radius 2 is 2.05 bits per heavy atom. The highest BCUT2D eigenvalue weighted by atomic mass is 32.2. The fourth-order valence-corrected chi connectivity index (χ4v) is 2.40. The van der Waals surface area contributed by atoms with Crippen LogP contribution in [-0.4, -0.2) is 38.9 Å². The van der Waals surface area contributed by atoms with Gasteiger partial charge in [-0.15, -0.1) is 5.10 Å². The van der Waals surface area contributed by atoms with Gasteiger partial charge in [0.25, 0.3) is 0 Å². The molecule has 20 heavy (non-hydrogen) atoms. The summed E-state index contributed by atoms with van der Waals surface area (Å²) in [6.07, 6.45) is 0. The van der Waals surface area contributed by atoms with Gasteiger partial charge in [0.2, 0.25) is 11.1 Å². The van der Waals surface area contributed by atoms with E-state index in [0.29, 0.717) is 16.8 Å². The van der Waals surface area contributed by atoms with Crippen LogP contribution in [0.5, 0.6) is 0 Å². The Bertz CT molecular complexity index is 579. The second-order valence-corrected chi connectivity index (χ2v) is 5.52. The van der Waals surface area contributed by atoms with Crippen LogP contribution in [0.4, 0.5) is 0 Å². The first-order valence-corrected chi connectivity index (χ1v) is 7.32. The van der Waals surface area contributed by atoms with Gasteiger partial charge in [-0.05, 0) is 34.0 Å². The highest BCUT2D eigenvalue weighted by Crippen LogP contribution is 2.20. The number of rotatable bonds is 5. The number of carbonyl (C=O) groups excluding carboxylic acids is 1. The third-order valence-corrected chi connectivity index (χ3v) is 3.78. The number of hydrogen-bond acceptors (Lipinski definition) is 5. The molecule has 0 aliphatic carbocycles. The van der Waals surface area contributed by atoms with Gasteiger partial charge < -0.3 is 5.32 Å². The molecule has 0 spiro atoms. The lowest BCUT2D eigenvalue weighted by molar-refractivity contribution is -0.118. The average Bonchev–Trinajstić information content (AvgIpc) is 2.93. The Balaban J connectivity index is 2.16. The lowest BCUT2D eigenvalue weighted by Crippen LogP contribution is -2.20. The van der Waals surface area contributed by atoms with Gasteiger partial charge in [0.1, 0.15) is 0 Å². The third-order valence-electron chi connectivity index (χ3n) is 2.86. The van der Waals surface area contributed by atoms with Crippen molar-refractivity contribution in [3.63, 3.8) is 0 Å². The Labute approximate surface area is 121 Å². The van der Waals surface area contributed by atoms with Crippen molar-refractivity contribution in [3.8, 4) is 5.69 Å². The van der Waals surface area contributed by atoms with Crippen LogP contribution in [0.25, 0.3) is 5.69 Å². The minimum absolute atomic E-state index is 0.0558. The van der Waals surface area contributed by atoms with E-state index in [1.807, 2.05) is 12.1 Å². The van der Waals surface area contributed by atoms with Gasteiger partial charge in [0, 0.05) is 7.05 Å². The van der Waals surface area contributed by atoms with E-state index >= 15 is 0 Å². The molecule has 1 aromatic carbocycles. The number of thioether (sulfide) groups is 1. The molecule has 7 heteroatoms. The summed E-state index contributed by atoms with van der Waals surface area (Å²) < 4.78 is 1.64. The predicted octanol–water partition coefficient (Wildman–Crippen LogP) is 1.62. The van der Waals surface area contributed by atoms with E-state index in [1.165, 1.54) is 17.3 Å². The van der Waals surface area contributed by atoms with Crippen molar-refractivity contribution < 1.29 is 4.79 Å². The van der Waals surface area contributed by atoms with Gasteiger partial charge in [-0.2, -0.15) is 4.68 Å². The maximum Gasteiger partial charge on any atom is 0.230 e. The van der Waals surface area contributed by atoms with E-state index in [-0.39, 0.29) is 5.91 Å². The molecule has 0 saturated carbocycles. The van der Waals surface area contributed by atoms with Crippen molar-refractivity contribution in [2.75, 3.05) is 12.8 Å². The van der Waals surface area contributed by atoms with Gasteiger partial charge in [0.05, 0.1) is 11.4 Å². The number of carbonyl (C=O) groups is 1. The first-order valence-electron chi connectivity index (χ1n) is 6.34. The molecular weight excluding hydrogens is 274 g/mol. The van der Waals surface area contributed by atoms with Crippen molar-refractivity contribution in [1.82, 2.24) is 25.5 Å². The van der Waals surface area contributed by atoms with Gasteiger partial charge in [-0.25, -0.2) is 0 Å². The third kappa shape index (κ3) is 3.36. The second kappa shape index (κ2) is 6.51. The highest BCUT2D eigenvalue weighted by Gasteiger charge is 2.11. The average molecular weight is 291 g/mol. The Morgan fingerprint density at radius 3 is 2.65 bits per heavy atom. The fourth-order valence-electron chi connectivity index (χ4n) is 1.63. The molecule has 6 nitrogen and oxygen atoms in total. The van der Waals surface area contributed by atoms with Crippen LogP contribution in [0.3, 0.4) is 0 Å². The molecule has 0 atom stereocenters. The molecule has 1 N–H and O–H groups in total. The largest absolute Gasteiger partial charge is 0.358 e. The molecule has 0 aliphatic rings. The summed E-state index contributed by atoms with van der Waals surface area (Å²) in [7, 11) is 1.61. The Kier molecular flexibility index (Phi) is 4.73. The number of hydrogen-bond donors (Lipinski definition) is 1. The molecule has 0 aliphatic heterocycles. The molecule has 0 saturated heterocycles. The topological polar surface area (TPSA) is 72.7 Å². The number of amides is 1. The van der Waals surface area contributed by atoms with Crippen molar-refractivity contribution in [2.45, 2.75) is 24.9 Å². The SMILES string of the molecule is CNC(=O)CSc1nnnn1-c1ccc(C(C)C)cc1. The van der Waals surface area contributed by atoms with Gasteiger partial charge >= 0.3 is 0 Å². The summed E-state index contributed by atoms with van der Waals surface area (Å²) >= 11 is 1.31. The van der Waals surface area contributed by atoms with Crippen molar-refractivity contribution >= 4 is 17.7 Å². The van der Waals surface area contributed by atoms with Crippen LogP contribution in [-0.2, 0) is 4.79 Å². The molecule has 1 amide bonds. The molecule has 0 radical (unpaired) electrons. The molecule has 0 bridgehead atoms. The van der Waals surface area contributed by atoms with Crippen LogP contribution in [0.15, 0.2) is 29.4 Å². The van der Waals surface area contributed by atoms with E-state index < -0.39 is 0 Å². The molecule has 1 aromatic heterocycles. The number of tetrazole rings is 1. The van der Waals surface area contributed by atoms with E-state index in [2.05, 4.69) is 46.8 Å². The van der Waals surface area contributed by atoms with Crippen molar-refractivity contribution in [2.24, 2.45) is 0 Å². The molecule has 106 valence electrons. The van der Waals surface area contributed by atoms with Crippen LogP contribution < -0.4 is 5.32 Å². The van der Waals surface area contributed by atoms with Crippen LogP contribution in [0.2, 0.25) is 0 Å². The van der Waals surface area contributed by atoms with Gasteiger partial charge in [-0.3, -0.25) is 4.79 Å². The Hall–Kier alpha value is -1.89. The number of nitrogens with one attached hydrogen (secondary N) is 1.